The monoisotopic (exact) mass is 599 g/mol. The van der Waals surface area contributed by atoms with Gasteiger partial charge in [0.1, 0.15) is 17.7 Å². The molecule has 0 aliphatic rings. The number of hydrogen-bond donors (Lipinski definition) is 4. The van der Waals surface area contributed by atoms with E-state index in [1.165, 1.54) is 0 Å². The van der Waals surface area contributed by atoms with Gasteiger partial charge in [-0.2, -0.15) is 0 Å². The Morgan fingerprint density at radius 2 is 1.42 bits per heavy atom. The highest BCUT2D eigenvalue weighted by atomic mass is 16.2. The van der Waals surface area contributed by atoms with Gasteiger partial charge in [0, 0.05) is 24.1 Å². The summed E-state index contributed by atoms with van der Waals surface area (Å²) < 4.78 is 0. The van der Waals surface area contributed by atoms with Crippen molar-refractivity contribution in [2.24, 2.45) is 0 Å². The zero-order valence-electron chi connectivity index (χ0n) is 26.4. The number of carbonyl (C=O) groups excluding carboxylic acids is 1. The van der Waals surface area contributed by atoms with Crippen molar-refractivity contribution in [1.29, 1.82) is 0 Å². The second-order valence-electron chi connectivity index (χ2n) is 11.4. The van der Waals surface area contributed by atoms with Gasteiger partial charge >= 0.3 is 0 Å². The van der Waals surface area contributed by atoms with E-state index in [0.29, 0.717) is 6.54 Å². The van der Waals surface area contributed by atoms with Gasteiger partial charge in [-0.1, -0.05) is 66.4 Å². The average molecular weight is 600 g/mol. The first-order chi connectivity index (χ1) is 21.9. The number of nitrogens with zero attached hydrogens (tertiary/aromatic N) is 3. The molecule has 0 fully saturated rings. The maximum atomic E-state index is 12.8. The molecule has 2 atom stereocenters. The molecule has 5 rings (SSSR count). The largest absolute Gasteiger partial charge is 0.354 e. The smallest absolute Gasteiger partial charge is 0.241 e. The fourth-order valence-corrected chi connectivity index (χ4v) is 5.13. The topological polar surface area (TPSA) is 102 Å². The number of aromatic nitrogens is 4. The molecule has 3 aromatic carbocycles. The minimum Gasteiger partial charge on any atom is -0.354 e. The van der Waals surface area contributed by atoms with Crippen molar-refractivity contribution in [2.45, 2.75) is 38.3 Å². The maximum Gasteiger partial charge on any atom is 0.241 e. The molecule has 1 amide bonds. The number of imidazole rings is 2. The first-order valence-electron chi connectivity index (χ1n) is 15.4. The zero-order valence-corrected chi connectivity index (χ0v) is 26.4. The number of aryl methyl sites for hydroxylation is 1. The van der Waals surface area contributed by atoms with Crippen LogP contribution in [0.3, 0.4) is 0 Å². The summed E-state index contributed by atoms with van der Waals surface area (Å²) >= 11 is 0. The van der Waals surface area contributed by atoms with Gasteiger partial charge in [-0.3, -0.25) is 9.69 Å². The summed E-state index contributed by atoms with van der Waals surface area (Å²) in [5.74, 6) is 8.41. The molecular formula is C37H41N7O. The second-order valence-corrected chi connectivity index (χ2v) is 11.4. The minimum absolute atomic E-state index is 0.0245. The Morgan fingerprint density at radius 3 is 2.02 bits per heavy atom. The molecule has 0 aliphatic carbocycles. The van der Waals surface area contributed by atoms with Gasteiger partial charge < -0.3 is 20.6 Å². The summed E-state index contributed by atoms with van der Waals surface area (Å²) in [6.45, 7) is 2.71. The van der Waals surface area contributed by atoms with Crippen molar-refractivity contribution < 1.29 is 4.79 Å². The van der Waals surface area contributed by atoms with Crippen molar-refractivity contribution in [3.8, 4) is 34.4 Å². The molecule has 8 heteroatoms. The standard InChI is InChI=1S/C37H41N7O/c1-26(38-2)36-41-25-33(43-36)30-21-17-28(18-22-30)14-13-27-15-19-29(20-16-27)32-24-40-34(42-32)12-8-9-23-39-37(45)35(44(3)4)31-10-6-5-7-11-31/h5-7,10-11,15-22,24-26,35,38H,8-9,12,23H2,1-4H3,(H,39,45)(H,40,42)(H,41,43). The molecule has 0 saturated heterocycles. The Bertz CT molecular complexity index is 1730. The van der Waals surface area contributed by atoms with Gasteiger partial charge in [-0.05, 0) is 81.9 Å². The lowest BCUT2D eigenvalue weighted by molar-refractivity contribution is -0.125. The molecule has 2 unspecified atom stereocenters. The molecule has 8 nitrogen and oxygen atoms in total. The number of rotatable bonds is 12. The van der Waals surface area contributed by atoms with Crippen LogP contribution in [-0.2, 0) is 11.2 Å². The van der Waals surface area contributed by atoms with Crippen molar-refractivity contribution >= 4 is 5.91 Å². The summed E-state index contributed by atoms with van der Waals surface area (Å²) in [6.07, 6.45) is 6.38. The Balaban J connectivity index is 1.08. The highest BCUT2D eigenvalue weighted by Gasteiger charge is 2.22. The Morgan fingerprint density at radius 1 is 0.822 bits per heavy atom. The first kappa shape index (κ1) is 31.5. The predicted molar refractivity (Wildman–Crippen MR) is 180 cm³/mol. The van der Waals surface area contributed by atoms with E-state index in [0.717, 1.165) is 70.1 Å². The summed E-state index contributed by atoms with van der Waals surface area (Å²) in [5.41, 5.74) is 7.02. The average Bonchev–Trinajstić information content (AvgIpc) is 3.75. The second kappa shape index (κ2) is 15.2. The highest BCUT2D eigenvalue weighted by molar-refractivity contribution is 5.83. The molecule has 4 N–H and O–H groups in total. The maximum absolute atomic E-state index is 12.8. The Labute approximate surface area is 265 Å². The molecule has 0 radical (unpaired) electrons. The molecule has 0 spiro atoms. The van der Waals surface area contributed by atoms with E-state index in [-0.39, 0.29) is 18.0 Å². The van der Waals surface area contributed by atoms with E-state index >= 15 is 0 Å². The number of unbranched alkanes of at least 4 members (excludes halogenated alkanes) is 1. The third-order valence-electron chi connectivity index (χ3n) is 7.83. The van der Waals surface area contributed by atoms with Crippen molar-refractivity contribution in [3.05, 3.63) is 120 Å². The zero-order chi connectivity index (χ0) is 31.6. The summed E-state index contributed by atoms with van der Waals surface area (Å²) in [5, 5.41) is 6.29. The van der Waals surface area contributed by atoms with Crippen LogP contribution in [0.1, 0.15) is 60.2 Å². The van der Waals surface area contributed by atoms with E-state index in [4.69, 9.17) is 0 Å². The molecule has 45 heavy (non-hydrogen) atoms. The van der Waals surface area contributed by atoms with E-state index in [1.807, 2.05) is 93.0 Å². The fraction of sp³-hybridized carbons (Fsp3) is 0.270. The van der Waals surface area contributed by atoms with Crippen LogP contribution in [-0.4, -0.2) is 58.4 Å². The van der Waals surface area contributed by atoms with Gasteiger partial charge in [-0.25, -0.2) is 9.97 Å². The predicted octanol–water partition coefficient (Wildman–Crippen LogP) is 5.89. The molecule has 0 saturated carbocycles. The molecule has 2 aromatic heterocycles. The number of carbonyl (C=O) groups is 1. The van der Waals surface area contributed by atoms with Crippen LogP contribution < -0.4 is 10.6 Å². The van der Waals surface area contributed by atoms with Gasteiger partial charge in [0.15, 0.2) is 0 Å². The SMILES string of the molecule is CNC(C)c1ncc(-c2ccc(C#Cc3ccc(-c4cnc(CCCCNC(=O)C(c5ccccc5)N(C)C)[nH]4)cc3)cc2)[nH]1. The van der Waals surface area contributed by atoms with Crippen molar-refractivity contribution in [2.75, 3.05) is 27.7 Å². The number of aromatic amines is 2. The molecule has 0 bridgehead atoms. The lowest BCUT2D eigenvalue weighted by Crippen LogP contribution is -2.37. The Hall–Kier alpha value is -4.97. The summed E-state index contributed by atoms with van der Waals surface area (Å²) in [6, 6.07) is 26.1. The number of likely N-dealkylation sites (N-methyl/N-ethyl adjacent to an activating group) is 1. The fourth-order valence-electron chi connectivity index (χ4n) is 5.13. The van der Waals surface area contributed by atoms with Crippen LogP contribution in [0.4, 0.5) is 0 Å². The number of hydrogen-bond acceptors (Lipinski definition) is 5. The van der Waals surface area contributed by atoms with E-state index in [2.05, 4.69) is 73.6 Å². The molecule has 2 heterocycles. The number of H-pyrrole nitrogens is 2. The van der Waals surface area contributed by atoms with E-state index < -0.39 is 0 Å². The van der Waals surface area contributed by atoms with Crippen LogP contribution in [0.2, 0.25) is 0 Å². The molecule has 230 valence electrons. The lowest BCUT2D eigenvalue weighted by Gasteiger charge is -2.23. The number of nitrogens with one attached hydrogen (secondary N) is 4. The molecular weight excluding hydrogens is 558 g/mol. The van der Waals surface area contributed by atoms with Gasteiger partial charge in [0.25, 0.3) is 0 Å². The quantitative estimate of drug-likeness (QED) is 0.106. The van der Waals surface area contributed by atoms with Crippen LogP contribution in [0.15, 0.2) is 91.3 Å². The summed E-state index contributed by atoms with van der Waals surface area (Å²) in [7, 11) is 5.78. The van der Waals surface area contributed by atoms with E-state index in [1.54, 1.807) is 0 Å². The normalized spacial score (nSPS) is 12.4. The van der Waals surface area contributed by atoms with E-state index in [9.17, 15) is 4.79 Å². The van der Waals surface area contributed by atoms with Crippen LogP contribution in [0.5, 0.6) is 0 Å². The van der Waals surface area contributed by atoms with Crippen molar-refractivity contribution in [3.63, 3.8) is 0 Å². The number of benzene rings is 3. The van der Waals surface area contributed by atoms with Gasteiger partial charge in [-0.15, -0.1) is 0 Å². The number of amides is 1. The van der Waals surface area contributed by atoms with Crippen LogP contribution in [0, 0.1) is 11.8 Å². The van der Waals surface area contributed by atoms with Crippen LogP contribution >= 0.6 is 0 Å². The first-order valence-corrected chi connectivity index (χ1v) is 15.4. The third kappa shape index (κ3) is 8.36. The highest BCUT2D eigenvalue weighted by Crippen LogP contribution is 2.21. The summed E-state index contributed by atoms with van der Waals surface area (Å²) in [4.78, 5) is 30.6. The Kier molecular flexibility index (Phi) is 10.6. The third-order valence-corrected chi connectivity index (χ3v) is 7.83. The van der Waals surface area contributed by atoms with Gasteiger partial charge in [0.2, 0.25) is 5.91 Å². The molecule has 5 aromatic rings. The van der Waals surface area contributed by atoms with Crippen molar-refractivity contribution in [1.82, 2.24) is 35.5 Å². The van der Waals surface area contributed by atoms with Gasteiger partial charge in [0.05, 0.1) is 29.8 Å². The van der Waals surface area contributed by atoms with Crippen LogP contribution in [0.25, 0.3) is 22.5 Å². The lowest BCUT2D eigenvalue weighted by atomic mass is 10.1. The molecule has 0 aliphatic heterocycles. The minimum atomic E-state index is -0.294.